The zero-order chi connectivity index (χ0) is 11.3. The minimum Gasteiger partial charge on any atom is -0.492 e. The van der Waals surface area contributed by atoms with E-state index >= 15 is 0 Å². The van der Waals surface area contributed by atoms with Gasteiger partial charge in [0, 0.05) is 5.92 Å². The largest absolute Gasteiger partial charge is 0.492 e. The number of hydrogen-bond donors (Lipinski definition) is 0. The first-order chi connectivity index (χ1) is 7.22. The smallest absolute Gasteiger partial charge is 0.137 e. The van der Waals surface area contributed by atoms with E-state index in [0.29, 0.717) is 17.9 Å². The third-order valence-electron chi connectivity index (χ3n) is 2.23. The number of nitriles is 1. The molecule has 1 atom stereocenters. The van der Waals surface area contributed by atoms with Crippen molar-refractivity contribution in [2.45, 2.75) is 19.8 Å². The minimum absolute atomic E-state index is 0.156. The highest BCUT2D eigenvalue weighted by Gasteiger charge is 2.09. The molecule has 3 heteroatoms. The van der Waals surface area contributed by atoms with Crippen LogP contribution in [0.4, 0.5) is 4.39 Å². The molecule has 0 N–H and O–H groups in total. The van der Waals surface area contributed by atoms with Crippen LogP contribution in [-0.2, 0) is 0 Å². The Balaban J connectivity index is 3.05. The van der Waals surface area contributed by atoms with Gasteiger partial charge >= 0.3 is 0 Å². The van der Waals surface area contributed by atoms with E-state index in [2.05, 4.69) is 0 Å². The Bertz CT molecular complexity index is 370. The first-order valence-corrected chi connectivity index (χ1v) is 4.95. The Morgan fingerprint density at radius 1 is 1.53 bits per heavy atom. The highest BCUT2D eigenvalue weighted by atomic mass is 19.1. The summed E-state index contributed by atoms with van der Waals surface area (Å²) in [4.78, 5) is 0. The number of alkyl halides is 1. The van der Waals surface area contributed by atoms with Gasteiger partial charge in [-0.1, -0.05) is 13.0 Å². The lowest BCUT2D eigenvalue weighted by Gasteiger charge is -2.11. The molecule has 1 rings (SSSR count). The second kappa shape index (κ2) is 5.35. The van der Waals surface area contributed by atoms with Crippen LogP contribution in [0, 0.1) is 11.3 Å². The van der Waals surface area contributed by atoms with Gasteiger partial charge in [0.15, 0.2) is 0 Å². The quantitative estimate of drug-likeness (QED) is 0.760. The molecule has 0 amide bonds. The SMILES string of the molecule is CCOc1cc(C(C)CF)ccc1C#N. The van der Waals surface area contributed by atoms with Crippen molar-refractivity contribution in [3.05, 3.63) is 29.3 Å². The highest BCUT2D eigenvalue weighted by molar-refractivity contribution is 5.46. The summed E-state index contributed by atoms with van der Waals surface area (Å²) >= 11 is 0. The third-order valence-corrected chi connectivity index (χ3v) is 2.23. The summed E-state index contributed by atoms with van der Waals surface area (Å²) in [5.41, 5.74) is 1.35. The Morgan fingerprint density at radius 3 is 2.80 bits per heavy atom. The van der Waals surface area contributed by atoms with Gasteiger partial charge in [-0.3, -0.25) is 4.39 Å². The molecular formula is C12H14FNO. The number of halogens is 1. The van der Waals surface area contributed by atoms with Gasteiger partial charge in [-0.15, -0.1) is 0 Å². The summed E-state index contributed by atoms with van der Waals surface area (Å²) in [5, 5.41) is 8.83. The minimum atomic E-state index is -0.405. The molecule has 80 valence electrons. The maximum Gasteiger partial charge on any atom is 0.137 e. The molecule has 0 heterocycles. The topological polar surface area (TPSA) is 33.0 Å². The average molecular weight is 207 g/mol. The van der Waals surface area contributed by atoms with Crippen LogP contribution in [0.3, 0.4) is 0 Å². The molecule has 1 aromatic rings. The lowest BCUT2D eigenvalue weighted by Crippen LogP contribution is -1.99. The van der Waals surface area contributed by atoms with E-state index in [1.165, 1.54) is 0 Å². The van der Waals surface area contributed by atoms with E-state index in [0.717, 1.165) is 5.56 Å². The fraction of sp³-hybridized carbons (Fsp3) is 0.417. The monoisotopic (exact) mass is 207 g/mol. The highest BCUT2D eigenvalue weighted by Crippen LogP contribution is 2.24. The molecule has 0 aliphatic heterocycles. The molecule has 0 aliphatic carbocycles. The van der Waals surface area contributed by atoms with Gasteiger partial charge in [0.25, 0.3) is 0 Å². The molecule has 0 saturated carbocycles. The molecular weight excluding hydrogens is 193 g/mol. The van der Waals surface area contributed by atoms with Crippen molar-refractivity contribution in [1.29, 1.82) is 5.26 Å². The van der Waals surface area contributed by atoms with Crippen molar-refractivity contribution in [3.63, 3.8) is 0 Å². The van der Waals surface area contributed by atoms with E-state index in [1.54, 1.807) is 25.1 Å². The summed E-state index contributed by atoms with van der Waals surface area (Å²) in [7, 11) is 0. The van der Waals surface area contributed by atoms with Gasteiger partial charge in [-0.25, -0.2) is 0 Å². The van der Waals surface area contributed by atoms with Crippen LogP contribution < -0.4 is 4.74 Å². The number of hydrogen-bond acceptors (Lipinski definition) is 2. The van der Waals surface area contributed by atoms with Crippen molar-refractivity contribution in [2.24, 2.45) is 0 Å². The van der Waals surface area contributed by atoms with Crippen molar-refractivity contribution in [2.75, 3.05) is 13.3 Å². The Labute approximate surface area is 89.3 Å². The second-order valence-electron chi connectivity index (χ2n) is 3.36. The molecule has 1 unspecified atom stereocenters. The third kappa shape index (κ3) is 2.69. The first-order valence-electron chi connectivity index (χ1n) is 4.95. The van der Waals surface area contributed by atoms with E-state index in [9.17, 15) is 4.39 Å². The van der Waals surface area contributed by atoms with Gasteiger partial charge in [0.2, 0.25) is 0 Å². The average Bonchev–Trinajstić information content (AvgIpc) is 2.28. The normalized spacial score (nSPS) is 11.9. The van der Waals surface area contributed by atoms with Gasteiger partial charge < -0.3 is 4.74 Å². The Morgan fingerprint density at radius 2 is 2.27 bits per heavy atom. The maximum absolute atomic E-state index is 12.5. The van der Waals surface area contributed by atoms with Crippen LogP contribution in [0.2, 0.25) is 0 Å². The second-order valence-corrected chi connectivity index (χ2v) is 3.36. The predicted octanol–water partition coefficient (Wildman–Crippen LogP) is 3.03. The fourth-order valence-electron chi connectivity index (χ4n) is 1.30. The van der Waals surface area contributed by atoms with Crippen molar-refractivity contribution in [1.82, 2.24) is 0 Å². The van der Waals surface area contributed by atoms with Crippen LogP contribution in [0.25, 0.3) is 0 Å². The predicted molar refractivity (Wildman–Crippen MR) is 56.7 cm³/mol. The van der Waals surface area contributed by atoms with E-state index in [1.807, 2.05) is 13.0 Å². The molecule has 0 aromatic heterocycles. The van der Waals surface area contributed by atoms with Crippen molar-refractivity contribution >= 4 is 0 Å². The summed E-state index contributed by atoms with van der Waals surface area (Å²) in [5.74, 6) is 0.384. The van der Waals surface area contributed by atoms with E-state index in [-0.39, 0.29) is 5.92 Å². The standard InChI is InChI=1S/C12H14FNO/c1-3-15-12-6-10(9(2)7-13)4-5-11(12)8-14/h4-6,9H,3,7H2,1-2H3. The van der Waals surface area contributed by atoms with Crippen molar-refractivity contribution in [3.8, 4) is 11.8 Å². The zero-order valence-corrected chi connectivity index (χ0v) is 8.96. The van der Waals surface area contributed by atoms with Gasteiger partial charge in [0.1, 0.15) is 11.8 Å². The molecule has 2 nitrogen and oxygen atoms in total. The molecule has 0 radical (unpaired) electrons. The molecule has 1 aromatic carbocycles. The Hall–Kier alpha value is -1.56. The van der Waals surface area contributed by atoms with Crippen LogP contribution >= 0.6 is 0 Å². The molecule has 0 spiro atoms. The zero-order valence-electron chi connectivity index (χ0n) is 8.96. The first kappa shape index (κ1) is 11.5. The summed E-state index contributed by atoms with van der Waals surface area (Å²) in [6, 6.07) is 7.23. The van der Waals surface area contributed by atoms with Crippen LogP contribution in [0.15, 0.2) is 18.2 Å². The lowest BCUT2D eigenvalue weighted by molar-refractivity contribution is 0.338. The number of rotatable bonds is 4. The summed E-state index contributed by atoms with van der Waals surface area (Å²) < 4.78 is 17.8. The van der Waals surface area contributed by atoms with Crippen LogP contribution in [0.1, 0.15) is 30.9 Å². The lowest BCUT2D eigenvalue weighted by atomic mass is 10.0. The van der Waals surface area contributed by atoms with E-state index in [4.69, 9.17) is 10.00 Å². The molecule has 0 bridgehead atoms. The molecule has 15 heavy (non-hydrogen) atoms. The molecule has 0 fully saturated rings. The number of benzene rings is 1. The van der Waals surface area contributed by atoms with Gasteiger partial charge in [0.05, 0.1) is 18.8 Å². The number of nitrogens with zero attached hydrogens (tertiary/aromatic N) is 1. The summed E-state index contributed by atoms with van der Waals surface area (Å²) in [6.45, 7) is 3.75. The van der Waals surface area contributed by atoms with Crippen LogP contribution in [0.5, 0.6) is 5.75 Å². The van der Waals surface area contributed by atoms with Crippen LogP contribution in [-0.4, -0.2) is 13.3 Å². The molecule has 0 saturated heterocycles. The maximum atomic E-state index is 12.5. The summed E-state index contributed by atoms with van der Waals surface area (Å²) in [6.07, 6.45) is 0. The molecule has 0 aliphatic rings. The Kier molecular flexibility index (Phi) is 4.11. The van der Waals surface area contributed by atoms with Crippen molar-refractivity contribution < 1.29 is 9.13 Å². The van der Waals surface area contributed by atoms with E-state index < -0.39 is 6.67 Å². The van der Waals surface area contributed by atoms with Gasteiger partial charge in [-0.2, -0.15) is 5.26 Å². The fourth-order valence-corrected chi connectivity index (χ4v) is 1.30. The number of ether oxygens (including phenoxy) is 1. The van der Waals surface area contributed by atoms with Gasteiger partial charge in [-0.05, 0) is 24.6 Å².